The van der Waals surface area contributed by atoms with Gasteiger partial charge < -0.3 is 15.2 Å². The van der Waals surface area contributed by atoms with Gasteiger partial charge in [-0.15, -0.1) is 0 Å². The Labute approximate surface area is 109 Å². The molecule has 2 aromatic carbocycles. The van der Waals surface area contributed by atoms with Crippen molar-refractivity contribution in [2.45, 2.75) is 0 Å². The topological polar surface area (TPSA) is 58.6 Å². The molecule has 2 aromatic rings. The normalized spacial score (nSPS) is 10.0. The molecule has 2 rings (SSSR count). The fraction of sp³-hybridized carbons (Fsp3) is 0.0714. The van der Waals surface area contributed by atoms with E-state index >= 15 is 0 Å². The van der Waals surface area contributed by atoms with Gasteiger partial charge in [0.15, 0.2) is 0 Å². The van der Waals surface area contributed by atoms with Crippen LogP contribution in [0, 0.1) is 5.82 Å². The summed E-state index contributed by atoms with van der Waals surface area (Å²) in [6.45, 7) is 0. The number of halogens is 1. The van der Waals surface area contributed by atoms with E-state index in [4.69, 9.17) is 9.84 Å². The maximum absolute atomic E-state index is 13.5. The minimum absolute atomic E-state index is 0.00583. The number of ether oxygens (including phenoxy) is 1. The quantitative estimate of drug-likeness (QED) is 0.835. The summed E-state index contributed by atoms with van der Waals surface area (Å²) in [7, 11) is 1.45. The number of amides is 1. The molecular formula is C14H12FNO3. The molecule has 2 N–H and O–H groups in total. The second kappa shape index (κ2) is 5.39. The number of anilines is 1. The molecule has 1 amide bonds. The van der Waals surface area contributed by atoms with Crippen LogP contribution >= 0.6 is 0 Å². The Morgan fingerprint density at radius 3 is 2.68 bits per heavy atom. The smallest absolute Gasteiger partial charge is 0.259 e. The van der Waals surface area contributed by atoms with Crippen LogP contribution in [0.2, 0.25) is 0 Å². The first-order valence-corrected chi connectivity index (χ1v) is 5.54. The number of carbonyl (C=O) groups excluding carboxylic acids is 1. The Kier molecular flexibility index (Phi) is 3.66. The first kappa shape index (κ1) is 12.9. The van der Waals surface area contributed by atoms with Gasteiger partial charge in [0.05, 0.1) is 18.4 Å². The van der Waals surface area contributed by atoms with E-state index < -0.39 is 11.7 Å². The highest BCUT2D eigenvalue weighted by molar-refractivity contribution is 6.06. The lowest BCUT2D eigenvalue weighted by molar-refractivity contribution is 0.102. The van der Waals surface area contributed by atoms with Crippen molar-refractivity contribution < 1.29 is 19.0 Å². The summed E-state index contributed by atoms with van der Waals surface area (Å²) in [5, 5.41) is 11.5. The van der Waals surface area contributed by atoms with Crippen molar-refractivity contribution in [3.05, 3.63) is 53.8 Å². The molecule has 0 aliphatic rings. The van der Waals surface area contributed by atoms with E-state index in [-0.39, 0.29) is 11.4 Å². The number of para-hydroxylation sites is 1. The molecule has 0 aliphatic heterocycles. The number of phenols is 1. The fourth-order valence-corrected chi connectivity index (χ4v) is 1.63. The zero-order valence-electron chi connectivity index (χ0n) is 10.2. The minimum atomic E-state index is -0.705. The van der Waals surface area contributed by atoms with E-state index in [1.54, 1.807) is 24.3 Å². The SMILES string of the molecule is COc1ccccc1C(=O)Nc1ccc(O)cc1F. The van der Waals surface area contributed by atoms with E-state index in [0.717, 1.165) is 6.07 Å². The summed E-state index contributed by atoms with van der Waals surface area (Å²) in [5.74, 6) is -0.989. The fourth-order valence-electron chi connectivity index (χ4n) is 1.63. The van der Waals surface area contributed by atoms with Crippen LogP contribution in [0.5, 0.6) is 11.5 Å². The zero-order chi connectivity index (χ0) is 13.8. The summed E-state index contributed by atoms with van der Waals surface area (Å²) < 4.78 is 18.6. The van der Waals surface area contributed by atoms with Gasteiger partial charge in [-0.05, 0) is 24.3 Å². The summed E-state index contributed by atoms with van der Waals surface area (Å²) in [6, 6.07) is 10.1. The molecule has 19 heavy (non-hydrogen) atoms. The van der Waals surface area contributed by atoms with E-state index in [9.17, 15) is 9.18 Å². The van der Waals surface area contributed by atoms with Crippen LogP contribution in [-0.4, -0.2) is 18.1 Å². The van der Waals surface area contributed by atoms with Gasteiger partial charge in [0.1, 0.15) is 17.3 Å². The van der Waals surface area contributed by atoms with Gasteiger partial charge in [-0.1, -0.05) is 12.1 Å². The third kappa shape index (κ3) is 2.82. The Balaban J connectivity index is 2.26. The molecule has 0 saturated heterocycles. The highest BCUT2D eigenvalue weighted by Crippen LogP contribution is 2.22. The van der Waals surface area contributed by atoms with E-state index in [1.165, 1.54) is 19.2 Å². The maximum Gasteiger partial charge on any atom is 0.259 e. The highest BCUT2D eigenvalue weighted by Gasteiger charge is 2.13. The standard InChI is InChI=1S/C14H12FNO3/c1-19-13-5-3-2-4-10(13)14(18)16-12-7-6-9(17)8-11(12)15/h2-8,17H,1H3,(H,16,18). The van der Waals surface area contributed by atoms with Gasteiger partial charge in [0.2, 0.25) is 0 Å². The number of phenolic OH excluding ortho intramolecular Hbond substituents is 1. The summed E-state index contributed by atoms with van der Waals surface area (Å²) >= 11 is 0. The van der Waals surface area contributed by atoms with Gasteiger partial charge in [0.25, 0.3) is 5.91 Å². The Morgan fingerprint density at radius 1 is 1.26 bits per heavy atom. The molecule has 4 nitrogen and oxygen atoms in total. The van der Waals surface area contributed by atoms with Crippen molar-refractivity contribution in [1.29, 1.82) is 0 Å². The summed E-state index contributed by atoms with van der Waals surface area (Å²) in [5.41, 5.74) is 0.297. The van der Waals surface area contributed by atoms with Gasteiger partial charge in [-0.2, -0.15) is 0 Å². The van der Waals surface area contributed by atoms with Crippen LogP contribution in [0.4, 0.5) is 10.1 Å². The largest absolute Gasteiger partial charge is 0.508 e. The zero-order valence-corrected chi connectivity index (χ0v) is 10.2. The van der Waals surface area contributed by atoms with E-state index in [2.05, 4.69) is 5.32 Å². The van der Waals surface area contributed by atoms with Crippen molar-refractivity contribution in [3.63, 3.8) is 0 Å². The number of methoxy groups -OCH3 is 1. The van der Waals surface area contributed by atoms with Crippen LogP contribution in [0.15, 0.2) is 42.5 Å². The first-order valence-electron chi connectivity index (χ1n) is 5.54. The average molecular weight is 261 g/mol. The molecule has 0 heterocycles. The summed E-state index contributed by atoms with van der Waals surface area (Å²) in [6.07, 6.45) is 0. The van der Waals surface area contributed by atoms with Gasteiger partial charge in [-0.3, -0.25) is 4.79 Å². The number of carbonyl (C=O) groups is 1. The van der Waals surface area contributed by atoms with Crippen molar-refractivity contribution in [2.24, 2.45) is 0 Å². The second-order valence-electron chi connectivity index (χ2n) is 3.82. The predicted octanol–water partition coefficient (Wildman–Crippen LogP) is 2.79. The van der Waals surface area contributed by atoms with Crippen molar-refractivity contribution in [2.75, 3.05) is 12.4 Å². The monoisotopic (exact) mass is 261 g/mol. The van der Waals surface area contributed by atoms with Gasteiger partial charge >= 0.3 is 0 Å². The van der Waals surface area contributed by atoms with Crippen LogP contribution in [-0.2, 0) is 0 Å². The number of aromatic hydroxyl groups is 1. The molecule has 0 unspecified atom stereocenters. The second-order valence-corrected chi connectivity index (χ2v) is 3.82. The van der Waals surface area contributed by atoms with Crippen molar-refractivity contribution in [3.8, 4) is 11.5 Å². The third-order valence-corrected chi connectivity index (χ3v) is 2.55. The Bertz CT molecular complexity index is 613. The van der Waals surface area contributed by atoms with Gasteiger partial charge in [0, 0.05) is 6.07 Å². The molecule has 5 heteroatoms. The van der Waals surface area contributed by atoms with E-state index in [1.807, 2.05) is 0 Å². The predicted molar refractivity (Wildman–Crippen MR) is 69.0 cm³/mol. The molecule has 0 bridgehead atoms. The molecule has 0 fully saturated rings. The number of nitrogens with one attached hydrogen (secondary N) is 1. The molecule has 0 saturated carbocycles. The lowest BCUT2D eigenvalue weighted by Crippen LogP contribution is -2.14. The molecule has 0 aromatic heterocycles. The van der Waals surface area contributed by atoms with Crippen molar-refractivity contribution in [1.82, 2.24) is 0 Å². The Hall–Kier alpha value is -2.56. The van der Waals surface area contributed by atoms with Crippen LogP contribution in [0.25, 0.3) is 0 Å². The number of hydrogen-bond acceptors (Lipinski definition) is 3. The summed E-state index contributed by atoms with van der Waals surface area (Å²) in [4.78, 5) is 12.0. The lowest BCUT2D eigenvalue weighted by atomic mass is 10.2. The van der Waals surface area contributed by atoms with Crippen LogP contribution in [0.1, 0.15) is 10.4 Å². The van der Waals surface area contributed by atoms with Gasteiger partial charge in [-0.25, -0.2) is 4.39 Å². The minimum Gasteiger partial charge on any atom is -0.508 e. The molecular weight excluding hydrogens is 249 g/mol. The third-order valence-electron chi connectivity index (χ3n) is 2.55. The van der Waals surface area contributed by atoms with Crippen LogP contribution in [0.3, 0.4) is 0 Å². The Morgan fingerprint density at radius 2 is 2.00 bits per heavy atom. The molecule has 98 valence electrons. The van der Waals surface area contributed by atoms with E-state index in [0.29, 0.717) is 11.3 Å². The molecule has 0 aliphatic carbocycles. The first-order chi connectivity index (χ1) is 9.11. The molecule has 0 spiro atoms. The van der Waals surface area contributed by atoms with Crippen LogP contribution < -0.4 is 10.1 Å². The highest BCUT2D eigenvalue weighted by atomic mass is 19.1. The number of benzene rings is 2. The molecule has 0 radical (unpaired) electrons. The number of hydrogen-bond donors (Lipinski definition) is 2. The van der Waals surface area contributed by atoms with Crippen molar-refractivity contribution >= 4 is 11.6 Å². The number of rotatable bonds is 3. The lowest BCUT2D eigenvalue weighted by Gasteiger charge is -2.09. The maximum atomic E-state index is 13.5. The molecule has 0 atom stereocenters. The average Bonchev–Trinajstić information content (AvgIpc) is 2.41.